The van der Waals surface area contributed by atoms with Gasteiger partial charge in [-0.2, -0.15) is 0 Å². The van der Waals surface area contributed by atoms with Crippen LogP contribution in [0.3, 0.4) is 0 Å². The van der Waals surface area contributed by atoms with Crippen molar-refractivity contribution in [2.75, 3.05) is 25.0 Å². The largest absolute Gasteiger partial charge is 0.325 e. The monoisotopic (exact) mass is 408 g/mol. The Bertz CT molecular complexity index is 746. The zero-order valence-corrected chi connectivity index (χ0v) is 16.8. The summed E-state index contributed by atoms with van der Waals surface area (Å²) in [6, 6.07) is 13.1. The molecule has 0 spiro atoms. The van der Waals surface area contributed by atoms with E-state index >= 15 is 0 Å². The second kappa shape index (κ2) is 9.65. The van der Waals surface area contributed by atoms with Crippen LogP contribution in [-0.2, 0) is 4.79 Å². The second-order valence-electron chi connectivity index (χ2n) is 6.40. The zero-order valence-electron chi connectivity index (χ0n) is 14.5. The summed E-state index contributed by atoms with van der Waals surface area (Å²) >= 11 is 13.7. The van der Waals surface area contributed by atoms with Crippen LogP contribution in [-0.4, -0.2) is 30.4 Å². The van der Waals surface area contributed by atoms with Crippen molar-refractivity contribution in [3.8, 4) is 0 Å². The van der Waals surface area contributed by atoms with E-state index < -0.39 is 0 Å². The summed E-state index contributed by atoms with van der Waals surface area (Å²) in [7, 11) is 0. The maximum Gasteiger partial charge on any atom is 0.225 e. The van der Waals surface area contributed by atoms with Crippen LogP contribution in [0.5, 0.6) is 0 Å². The maximum absolute atomic E-state index is 12.4. The van der Waals surface area contributed by atoms with E-state index in [1.807, 2.05) is 36.4 Å². The first-order chi connectivity index (χ1) is 12.6. The fourth-order valence-corrected chi connectivity index (χ4v) is 4.27. The standard InChI is InChI=1S/C20H22Cl2N2OS/c21-15-4-7-17(8-5-15)26-19-14-16(22)6-9-18(19)23-20(25)10-13-24-11-2-1-3-12-24/h4-9,14H,1-3,10-13H2,(H,23,25). The Morgan fingerprint density at radius 3 is 2.42 bits per heavy atom. The predicted octanol–water partition coefficient (Wildman–Crippen LogP) is 5.96. The highest BCUT2D eigenvalue weighted by molar-refractivity contribution is 7.99. The fraction of sp³-hybridized carbons (Fsp3) is 0.350. The first-order valence-electron chi connectivity index (χ1n) is 8.85. The van der Waals surface area contributed by atoms with Gasteiger partial charge >= 0.3 is 0 Å². The molecule has 0 unspecified atom stereocenters. The van der Waals surface area contributed by atoms with Gasteiger partial charge in [-0.3, -0.25) is 4.79 Å². The Kier molecular flexibility index (Phi) is 7.26. The molecule has 138 valence electrons. The smallest absolute Gasteiger partial charge is 0.225 e. The quantitative estimate of drug-likeness (QED) is 0.639. The summed E-state index contributed by atoms with van der Waals surface area (Å²) in [5.41, 5.74) is 0.790. The zero-order chi connectivity index (χ0) is 18.4. The van der Waals surface area contributed by atoms with Gasteiger partial charge in [-0.05, 0) is 68.4 Å². The van der Waals surface area contributed by atoms with E-state index in [1.54, 1.807) is 17.8 Å². The average molecular weight is 409 g/mol. The molecule has 0 atom stereocenters. The SMILES string of the molecule is O=C(CCN1CCCCC1)Nc1ccc(Cl)cc1Sc1ccc(Cl)cc1. The van der Waals surface area contributed by atoms with E-state index in [0.717, 1.165) is 35.1 Å². The molecule has 1 saturated heterocycles. The van der Waals surface area contributed by atoms with Crippen molar-refractivity contribution < 1.29 is 4.79 Å². The molecule has 1 N–H and O–H groups in total. The lowest BCUT2D eigenvalue weighted by atomic mass is 10.1. The molecule has 1 amide bonds. The number of amides is 1. The van der Waals surface area contributed by atoms with Crippen molar-refractivity contribution in [2.45, 2.75) is 35.5 Å². The fourth-order valence-electron chi connectivity index (χ4n) is 2.97. The van der Waals surface area contributed by atoms with Crippen molar-refractivity contribution in [3.63, 3.8) is 0 Å². The molecule has 1 fully saturated rings. The van der Waals surface area contributed by atoms with Crippen LogP contribution in [0.2, 0.25) is 10.0 Å². The molecule has 0 radical (unpaired) electrons. The van der Waals surface area contributed by atoms with Crippen molar-refractivity contribution >= 4 is 46.6 Å². The third-order valence-electron chi connectivity index (χ3n) is 4.36. The highest BCUT2D eigenvalue weighted by Gasteiger charge is 2.13. The highest BCUT2D eigenvalue weighted by atomic mass is 35.5. The van der Waals surface area contributed by atoms with Crippen molar-refractivity contribution in [1.29, 1.82) is 0 Å². The van der Waals surface area contributed by atoms with Crippen molar-refractivity contribution in [2.24, 2.45) is 0 Å². The van der Waals surface area contributed by atoms with Crippen LogP contribution in [0.15, 0.2) is 52.3 Å². The number of piperidine rings is 1. The van der Waals surface area contributed by atoms with Gasteiger partial charge in [0.05, 0.1) is 5.69 Å². The maximum atomic E-state index is 12.4. The van der Waals surface area contributed by atoms with Gasteiger partial charge in [0.15, 0.2) is 0 Å². The molecule has 2 aromatic carbocycles. The molecule has 1 heterocycles. The van der Waals surface area contributed by atoms with Gasteiger partial charge in [-0.1, -0.05) is 41.4 Å². The number of halogens is 2. The Morgan fingerprint density at radius 2 is 1.69 bits per heavy atom. The number of rotatable bonds is 6. The summed E-state index contributed by atoms with van der Waals surface area (Å²) in [6.07, 6.45) is 4.29. The lowest BCUT2D eigenvalue weighted by Gasteiger charge is -2.26. The number of likely N-dealkylation sites (tertiary alicyclic amines) is 1. The lowest BCUT2D eigenvalue weighted by Crippen LogP contribution is -2.32. The number of carbonyl (C=O) groups excluding carboxylic acids is 1. The van der Waals surface area contributed by atoms with Crippen LogP contribution in [0.1, 0.15) is 25.7 Å². The Morgan fingerprint density at radius 1 is 1.00 bits per heavy atom. The molecule has 2 aromatic rings. The molecule has 3 nitrogen and oxygen atoms in total. The van der Waals surface area contributed by atoms with E-state index in [0.29, 0.717) is 16.5 Å². The van der Waals surface area contributed by atoms with Gasteiger partial charge in [-0.25, -0.2) is 0 Å². The number of hydrogen-bond acceptors (Lipinski definition) is 3. The van der Waals surface area contributed by atoms with Crippen LogP contribution >= 0.6 is 35.0 Å². The Labute approximate surface area is 169 Å². The van der Waals surface area contributed by atoms with Crippen molar-refractivity contribution in [3.05, 3.63) is 52.5 Å². The van der Waals surface area contributed by atoms with Gasteiger partial charge in [-0.15, -0.1) is 0 Å². The first kappa shape index (κ1) is 19.6. The van der Waals surface area contributed by atoms with E-state index in [2.05, 4.69) is 10.2 Å². The molecule has 26 heavy (non-hydrogen) atoms. The van der Waals surface area contributed by atoms with Crippen LogP contribution < -0.4 is 5.32 Å². The summed E-state index contributed by atoms with van der Waals surface area (Å²) in [6.45, 7) is 3.02. The summed E-state index contributed by atoms with van der Waals surface area (Å²) in [4.78, 5) is 16.7. The van der Waals surface area contributed by atoms with Gasteiger partial charge in [0.25, 0.3) is 0 Å². The molecular formula is C20H22Cl2N2OS. The summed E-state index contributed by atoms with van der Waals surface area (Å²) in [5, 5.41) is 4.38. The Balaban J connectivity index is 1.63. The van der Waals surface area contributed by atoms with Crippen LogP contribution in [0.25, 0.3) is 0 Å². The Hall–Kier alpha value is -1.20. The summed E-state index contributed by atoms with van der Waals surface area (Å²) < 4.78 is 0. The van der Waals surface area contributed by atoms with Gasteiger partial charge < -0.3 is 10.2 Å². The number of benzene rings is 2. The van der Waals surface area contributed by atoms with Gasteiger partial charge in [0, 0.05) is 32.8 Å². The number of nitrogens with one attached hydrogen (secondary N) is 1. The van der Waals surface area contributed by atoms with Gasteiger partial charge in [0.1, 0.15) is 0 Å². The van der Waals surface area contributed by atoms with Crippen molar-refractivity contribution in [1.82, 2.24) is 4.90 Å². The van der Waals surface area contributed by atoms with Gasteiger partial charge in [0.2, 0.25) is 5.91 Å². The number of anilines is 1. The van der Waals surface area contributed by atoms with Crippen LogP contribution in [0, 0.1) is 0 Å². The molecular weight excluding hydrogens is 387 g/mol. The normalized spacial score (nSPS) is 15.0. The number of carbonyl (C=O) groups is 1. The molecule has 0 aromatic heterocycles. The molecule has 6 heteroatoms. The molecule has 0 bridgehead atoms. The van der Waals surface area contributed by atoms with E-state index in [9.17, 15) is 4.79 Å². The third kappa shape index (κ3) is 5.92. The average Bonchev–Trinajstić information content (AvgIpc) is 2.65. The molecule has 3 rings (SSSR count). The van der Waals surface area contributed by atoms with E-state index in [1.165, 1.54) is 19.3 Å². The van der Waals surface area contributed by atoms with E-state index in [-0.39, 0.29) is 5.91 Å². The predicted molar refractivity (Wildman–Crippen MR) is 111 cm³/mol. The minimum atomic E-state index is 0.0378. The second-order valence-corrected chi connectivity index (χ2v) is 8.39. The van der Waals surface area contributed by atoms with Crippen LogP contribution in [0.4, 0.5) is 5.69 Å². The third-order valence-corrected chi connectivity index (χ3v) is 5.92. The summed E-state index contributed by atoms with van der Waals surface area (Å²) in [5.74, 6) is 0.0378. The number of hydrogen-bond donors (Lipinski definition) is 1. The lowest BCUT2D eigenvalue weighted by molar-refractivity contribution is -0.116. The highest BCUT2D eigenvalue weighted by Crippen LogP contribution is 2.36. The molecule has 0 saturated carbocycles. The molecule has 1 aliphatic rings. The minimum absolute atomic E-state index is 0.0378. The minimum Gasteiger partial charge on any atom is -0.325 e. The van der Waals surface area contributed by atoms with E-state index in [4.69, 9.17) is 23.2 Å². The topological polar surface area (TPSA) is 32.3 Å². The molecule has 1 aliphatic heterocycles. The number of nitrogens with zero attached hydrogens (tertiary/aromatic N) is 1. The first-order valence-corrected chi connectivity index (χ1v) is 10.4. The molecule has 0 aliphatic carbocycles.